The Morgan fingerprint density at radius 2 is 2.21 bits per heavy atom. The molecule has 0 aromatic carbocycles. The number of hydrogen-bond donors (Lipinski definition) is 2. The van der Waals surface area contributed by atoms with E-state index < -0.39 is 5.97 Å². The van der Waals surface area contributed by atoms with Gasteiger partial charge in [0.15, 0.2) is 0 Å². The number of carbonyl (C=O) groups is 2. The fraction of sp³-hybridized carbons (Fsp3) is 0.778. The van der Waals surface area contributed by atoms with Gasteiger partial charge in [-0.05, 0) is 12.8 Å². The van der Waals surface area contributed by atoms with Crippen LogP contribution in [0.1, 0.15) is 19.3 Å². The predicted molar refractivity (Wildman–Crippen MR) is 47.1 cm³/mol. The highest BCUT2D eigenvalue weighted by Gasteiger charge is 2.23. The van der Waals surface area contributed by atoms with Gasteiger partial charge in [0.1, 0.15) is 0 Å². The van der Waals surface area contributed by atoms with E-state index in [0.717, 1.165) is 17.9 Å². The SMILES string of the molecule is NC(=O)CC[NH+]1CCC[C@H](C(=O)[O-])C1. The minimum Gasteiger partial charge on any atom is -0.550 e. The molecule has 5 heteroatoms. The minimum absolute atomic E-state index is 0.326. The average Bonchev–Trinajstić information content (AvgIpc) is 2.15. The molecule has 1 unspecified atom stereocenters. The van der Waals surface area contributed by atoms with Gasteiger partial charge in [-0.15, -0.1) is 0 Å². The van der Waals surface area contributed by atoms with Gasteiger partial charge in [0.2, 0.25) is 5.91 Å². The van der Waals surface area contributed by atoms with Crippen LogP contribution in [0.2, 0.25) is 0 Å². The van der Waals surface area contributed by atoms with Crippen molar-refractivity contribution in [2.45, 2.75) is 19.3 Å². The van der Waals surface area contributed by atoms with Crippen molar-refractivity contribution in [2.75, 3.05) is 19.6 Å². The zero-order valence-corrected chi connectivity index (χ0v) is 8.12. The number of primary amides is 1. The van der Waals surface area contributed by atoms with Crippen molar-refractivity contribution >= 4 is 11.9 Å². The number of nitrogens with two attached hydrogens (primary N) is 1. The molecule has 1 saturated heterocycles. The van der Waals surface area contributed by atoms with E-state index in [1.807, 2.05) is 0 Å². The van der Waals surface area contributed by atoms with E-state index in [1.165, 1.54) is 0 Å². The van der Waals surface area contributed by atoms with E-state index in [0.29, 0.717) is 25.9 Å². The summed E-state index contributed by atoms with van der Waals surface area (Å²) in [4.78, 5) is 22.3. The van der Waals surface area contributed by atoms with Crippen molar-refractivity contribution in [1.29, 1.82) is 0 Å². The number of carbonyl (C=O) groups excluding carboxylic acids is 2. The molecule has 0 aromatic rings. The fourth-order valence-corrected chi connectivity index (χ4v) is 1.88. The van der Waals surface area contributed by atoms with Crippen LogP contribution in [-0.4, -0.2) is 31.5 Å². The maximum atomic E-state index is 10.6. The maximum Gasteiger partial charge on any atom is 0.223 e. The number of piperidine rings is 1. The second-order valence-electron chi connectivity index (χ2n) is 3.83. The quantitative estimate of drug-likeness (QED) is 0.504. The Hall–Kier alpha value is -1.10. The summed E-state index contributed by atoms with van der Waals surface area (Å²) in [6.07, 6.45) is 1.91. The summed E-state index contributed by atoms with van der Waals surface area (Å²) < 4.78 is 0. The number of aliphatic carboxylic acids is 1. The Morgan fingerprint density at radius 1 is 1.50 bits per heavy atom. The van der Waals surface area contributed by atoms with Crippen LogP contribution in [0, 0.1) is 5.92 Å². The molecule has 3 N–H and O–H groups in total. The van der Waals surface area contributed by atoms with E-state index in [-0.39, 0.29) is 11.8 Å². The van der Waals surface area contributed by atoms with Gasteiger partial charge in [-0.2, -0.15) is 0 Å². The van der Waals surface area contributed by atoms with Gasteiger partial charge in [-0.1, -0.05) is 0 Å². The molecular formula is C9H16N2O3. The molecular weight excluding hydrogens is 184 g/mol. The third-order valence-corrected chi connectivity index (χ3v) is 2.68. The number of hydrogen-bond acceptors (Lipinski definition) is 3. The molecule has 5 nitrogen and oxygen atoms in total. The molecule has 1 aliphatic rings. The summed E-state index contributed by atoms with van der Waals surface area (Å²) in [6.45, 7) is 2.13. The van der Waals surface area contributed by atoms with Crippen LogP contribution in [0.4, 0.5) is 0 Å². The Balaban J connectivity index is 2.32. The third-order valence-electron chi connectivity index (χ3n) is 2.68. The van der Waals surface area contributed by atoms with Gasteiger partial charge in [-0.25, -0.2) is 0 Å². The summed E-state index contributed by atoms with van der Waals surface area (Å²) in [5.41, 5.74) is 5.02. The first-order valence-corrected chi connectivity index (χ1v) is 4.92. The Morgan fingerprint density at radius 3 is 2.79 bits per heavy atom. The molecule has 14 heavy (non-hydrogen) atoms. The molecule has 1 fully saturated rings. The van der Waals surface area contributed by atoms with Crippen molar-refractivity contribution in [3.8, 4) is 0 Å². The van der Waals surface area contributed by atoms with Crippen LogP contribution in [0.15, 0.2) is 0 Å². The van der Waals surface area contributed by atoms with E-state index in [9.17, 15) is 14.7 Å². The first kappa shape index (κ1) is 11.0. The van der Waals surface area contributed by atoms with Gasteiger partial charge in [0.05, 0.1) is 32.0 Å². The summed E-state index contributed by atoms with van der Waals surface area (Å²) >= 11 is 0. The van der Waals surface area contributed by atoms with Gasteiger partial charge >= 0.3 is 0 Å². The molecule has 1 rings (SSSR count). The zero-order chi connectivity index (χ0) is 10.6. The van der Waals surface area contributed by atoms with Crippen LogP contribution >= 0.6 is 0 Å². The first-order valence-electron chi connectivity index (χ1n) is 4.92. The molecule has 0 bridgehead atoms. The molecule has 2 atom stereocenters. The predicted octanol–water partition coefficient (Wildman–Crippen LogP) is -3.09. The monoisotopic (exact) mass is 200 g/mol. The lowest BCUT2D eigenvalue weighted by atomic mass is 9.98. The lowest BCUT2D eigenvalue weighted by Gasteiger charge is -2.30. The Kier molecular flexibility index (Phi) is 3.88. The largest absolute Gasteiger partial charge is 0.550 e. The zero-order valence-electron chi connectivity index (χ0n) is 8.12. The number of carboxylic acids is 1. The lowest BCUT2D eigenvalue weighted by molar-refractivity contribution is -0.907. The van der Waals surface area contributed by atoms with Crippen molar-refractivity contribution < 1.29 is 19.6 Å². The molecule has 0 spiro atoms. The molecule has 0 saturated carbocycles. The van der Waals surface area contributed by atoms with E-state index in [4.69, 9.17) is 5.73 Å². The summed E-state index contributed by atoms with van der Waals surface area (Å²) in [5.74, 6) is -1.65. The fourth-order valence-electron chi connectivity index (χ4n) is 1.88. The number of quaternary nitrogens is 1. The molecule has 0 aromatic heterocycles. The molecule has 80 valence electrons. The molecule has 1 amide bonds. The summed E-state index contributed by atoms with van der Waals surface area (Å²) in [6, 6.07) is 0. The molecule has 0 radical (unpaired) electrons. The van der Waals surface area contributed by atoms with E-state index >= 15 is 0 Å². The second kappa shape index (κ2) is 4.95. The lowest BCUT2D eigenvalue weighted by Crippen LogP contribution is -3.14. The first-order chi connectivity index (χ1) is 6.59. The van der Waals surface area contributed by atoms with Crippen LogP contribution in [0.25, 0.3) is 0 Å². The summed E-state index contributed by atoms with van der Waals surface area (Å²) in [7, 11) is 0. The van der Waals surface area contributed by atoms with Crippen LogP contribution in [0.5, 0.6) is 0 Å². The van der Waals surface area contributed by atoms with Crippen molar-refractivity contribution in [3.05, 3.63) is 0 Å². The van der Waals surface area contributed by atoms with Crippen molar-refractivity contribution in [2.24, 2.45) is 11.7 Å². The third kappa shape index (κ3) is 3.33. The highest BCUT2D eigenvalue weighted by molar-refractivity contribution is 5.73. The van der Waals surface area contributed by atoms with Crippen LogP contribution in [0.3, 0.4) is 0 Å². The molecule has 1 heterocycles. The topological polar surface area (TPSA) is 87.7 Å². The number of carboxylic acid groups (broad SMARTS) is 1. The van der Waals surface area contributed by atoms with Crippen LogP contribution < -0.4 is 15.7 Å². The number of nitrogens with one attached hydrogen (secondary N) is 1. The maximum absolute atomic E-state index is 10.6. The number of likely N-dealkylation sites (tertiary alicyclic amines) is 1. The van der Waals surface area contributed by atoms with E-state index in [1.54, 1.807) is 0 Å². The normalized spacial score (nSPS) is 27.1. The molecule has 0 aliphatic carbocycles. The number of amides is 1. The Bertz CT molecular complexity index is 230. The second-order valence-corrected chi connectivity index (χ2v) is 3.83. The standard InChI is InChI=1S/C9H16N2O3/c10-8(12)3-5-11-4-1-2-7(6-11)9(13)14/h7H,1-6H2,(H2,10,12)(H,13,14)/t7-/m0/s1. The van der Waals surface area contributed by atoms with Crippen LogP contribution in [-0.2, 0) is 9.59 Å². The minimum atomic E-state index is -0.971. The number of rotatable bonds is 4. The van der Waals surface area contributed by atoms with Crippen molar-refractivity contribution in [1.82, 2.24) is 0 Å². The highest BCUT2D eigenvalue weighted by Crippen LogP contribution is 2.05. The van der Waals surface area contributed by atoms with Gasteiger partial charge in [0.25, 0.3) is 0 Å². The Labute approximate surface area is 82.9 Å². The highest BCUT2D eigenvalue weighted by atomic mass is 16.4. The van der Waals surface area contributed by atoms with Gasteiger partial charge in [-0.3, -0.25) is 4.79 Å². The molecule has 1 aliphatic heterocycles. The van der Waals surface area contributed by atoms with Crippen molar-refractivity contribution in [3.63, 3.8) is 0 Å². The average molecular weight is 200 g/mol. The van der Waals surface area contributed by atoms with E-state index in [2.05, 4.69) is 0 Å². The smallest absolute Gasteiger partial charge is 0.223 e. The van der Waals surface area contributed by atoms with Gasteiger partial charge < -0.3 is 20.5 Å². The summed E-state index contributed by atoms with van der Waals surface area (Å²) in [5, 5.41) is 10.6. The van der Waals surface area contributed by atoms with Gasteiger partial charge in [0, 0.05) is 5.92 Å².